The Morgan fingerprint density at radius 3 is 0.543 bits per heavy atom. The summed E-state index contributed by atoms with van der Waals surface area (Å²) >= 11 is 0. The van der Waals surface area contributed by atoms with E-state index >= 15 is 0 Å². The maximum atomic E-state index is 9.00. The summed E-state index contributed by atoms with van der Waals surface area (Å²) in [5.74, 6) is -1.67. The molecule has 6 saturated carbocycles. The van der Waals surface area contributed by atoms with E-state index in [0.717, 1.165) is 13.8 Å². The summed E-state index contributed by atoms with van der Waals surface area (Å²) in [6.07, 6.45) is 47.2. The fourth-order valence-corrected chi connectivity index (χ4v) is 19.4. The Balaban J connectivity index is 0.000000204. The molecule has 4 nitrogen and oxygen atoms in total. The second-order valence-corrected chi connectivity index (χ2v) is 21.9. The quantitative estimate of drug-likeness (QED) is 0.274. The van der Waals surface area contributed by atoms with Crippen LogP contribution in [0.1, 0.15) is 206 Å². The van der Waals surface area contributed by atoms with Gasteiger partial charge in [0.05, 0.1) is 0 Å². The maximum Gasteiger partial charge on any atom is 0.300 e. The van der Waals surface area contributed by atoms with Crippen LogP contribution in [-0.2, 0) is 9.59 Å². The number of carboxylic acid groups (broad SMARTS) is 2. The van der Waals surface area contributed by atoms with Gasteiger partial charge < -0.3 is 10.2 Å². The zero-order valence-corrected chi connectivity index (χ0v) is 32.1. The Kier molecular flexibility index (Phi) is 21.0. The molecule has 0 unspecified atom stereocenters. The highest BCUT2D eigenvalue weighted by molar-refractivity contribution is 7.60. The summed E-state index contributed by atoms with van der Waals surface area (Å²) < 4.78 is 0. The van der Waals surface area contributed by atoms with Crippen molar-refractivity contribution in [3.63, 3.8) is 0 Å². The first-order chi connectivity index (χ1) is 22.4. The van der Waals surface area contributed by atoms with Crippen LogP contribution in [0.2, 0.25) is 0 Å². The zero-order valence-electron chi connectivity index (χ0n) is 30.3. The van der Waals surface area contributed by atoms with Gasteiger partial charge >= 0.3 is 0 Å². The molecule has 46 heavy (non-hydrogen) atoms. The molecule has 6 aliphatic carbocycles. The van der Waals surface area contributed by atoms with Crippen molar-refractivity contribution < 1.29 is 19.8 Å². The van der Waals surface area contributed by atoms with Crippen LogP contribution in [0.5, 0.6) is 0 Å². The Morgan fingerprint density at radius 2 is 0.435 bits per heavy atom. The van der Waals surface area contributed by atoms with Crippen LogP contribution < -0.4 is 0 Å². The summed E-state index contributed by atoms with van der Waals surface area (Å²) in [6, 6.07) is 0. The highest BCUT2D eigenvalue weighted by Crippen LogP contribution is 2.63. The van der Waals surface area contributed by atoms with E-state index in [4.69, 9.17) is 19.8 Å². The number of carbonyl (C=O) groups is 2. The average molecular weight is 681 g/mol. The standard InChI is InChI=1S/2C18H33P.2C2H4O2/c2*1-4-10-16(11-5-1)19(17-12-6-2-7-13-17)18-14-8-3-9-15-18;2*1-2(3)4/h2*16-18H,1-15H2;2*1H3,(H,3,4). The van der Waals surface area contributed by atoms with Gasteiger partial charge in [-0.25, -0.2) is 0 Å². The lowest BCUT2D eigenvalue weighted by molar-refractivity contribution is -0.135. The topological polar surface area (TPSA) is 74.6 Å². The van der Waals surface area contributed by atoms with E-state index in [1.165, 1.54) is 72.5 Å². The molecule has 6 fully saturated rings. The largest absolute Gasteiger partial charge is 0.481 e. The first kappa shape index (κ1) is 40.2. The van der Waals surface area contributed by atoms with E-state index in [0.29, 0.717) is 15.8 Å². The monoisotopic (exact) mass is 681 g/mol. The number of hydrogen-bond acceptors (Lipinski definition) is 2. The normalized spacial score (nSPS) is 25.0. The summed E-state index contributed by atoms with van der Waals surface area (Å²) in [5.41, 5.74) is 7.14. The molecule has 268 valence electrons. The van der Waals surface area contributed by atoms with Crippen molar-refractivity contribution in [2.45, 2.75) is 240 Å². The molecule has 6 aliphatic rings. The minimum Gasteiger partial charge on any atom is -0.481 e. The van der Waals surface area contributed by atoms with Gasteiger partial charge in [-0.2, -0.15) is 0 Å². The third-order valence-corrected chi connectivity index (χ3v) is 20.1. The Hall–Kier alpha value is -0.200. The minimum atomic E-state index is -0.833. The SMILES string of the molecule is C1CCC(P(C2CCCCC2)C2CCCCC2)CC1.C1CCC(P(C2CCCCC2)C2CCCCC2)CC1.CC(=O)O.CC(=O)O. The number of aliphatic carboxylic acids is 2. The molecular weight excluding hydrogens is 606 g/mol. The second kappa shape index (κ2) is 24.0. The molecule has 6 rings (SSSR count). The lowest BCUT2D eigenvalue weighted by Crippen LogP contribution is -2.28. The van der Waals surface area contributed by atoms with E-state index in [2.05, 4.69) is 0 Å². The van der Waals surface area contributed by atoms with Crippen molar-refractivity contribution in [2.75, 3.05) is 0 Å². The van der Waals surface area contributed by atoms with Crippen molar-refractivity contribution in [3.8, 4) is 0 Å². The molecule has 6 heteroatoms. The lowest BCUT2D eigenvalue weighted by atomic mass is 9.99. The molecule has 0 radical (unpaired) electrons. The first-order valence-corrected chi connectivity index (χ1v) is 23.4. The van der Waals surface area contributed by atoms with Gasteiger partial charge in [-0.1, -0.05) is 131 Å². The van der Waals surface area contributed by atoms with Gasteiger partial charge in [0.25, 0.3) is 11.9 Å². The molecule has 0 amide bonds. The van der Waals surface area contributed by atoms with Gasteiger partial charge in [0.15, 0.2) is 0 Å². The molecule has 0 atom stereocenters. The summed E-state index contributed by atoms with van der Waals surface area (Å²) in [5, 5.41) is 14.8. The Morgan fingerprint density at radius 1 is 0.326 bits per heavy atom. The molecule has 2 N–H and O–H groups in total. The molecule has 0 aromatic carbocycles. The Bertz CT molecular complexity index is 625. The fourth-order valence-electron chi connectivity index (χ4n) is 10.1. The van der Waals surface area contributed by atoms with E-state index in [1.54, 1.807) is 154 Å². The van der Waals surface area contributed by atoms with Crippen molar-refractivity contribution >= 4 is 27.8 Å². The molecule has 0 aromatic heterocycles. The smallest absolute Gasteiger partial charge is 0.300 e. The van der Waals surface area contributed by atoms with Gasteiger partial charge in [-0.3, -0.25) is 9.59 Å². The maximum absolute atomic E-state index is 9.00. The van der Waals surface area contributed by atoms with Crippen LogP contribution in [0.15, 0.2) is 0 Å². The third kappa shape index (κ3) is 15.6. The number of carboxylic acids is 2. The minimum absolute atomic E-state index is 0.385. The van der Waals surface area contributed by atoms with E-state index in [9.17, 15) is 0 Å². The van der Waals surface area contributed by atoms with Crippen LogP contribution in [-0.4, -0.2) is 56.1 Å². The summed E-state index contributed by atoms with van der Waals surface area (Å²) in [4.78, 5) is 18.0. The van der Waals surface area contributed by atoms with Crippen molar-refractivity contribution in [1.29, 1.82) is 0 Å². The predicted octanol–water partition coefficient (Wildman–Crippen LogP) is 13.1. The molecule has 0 bridgehead atoms. The van der Waals surface area contributed by atoms with Crippen LogP contribution in [0.25, 0.3) is 0 Å². The van der Waals surface area contributed by atoms with Crippen LogP contribution in [0.3, 0.4) is 0 Å². The van der Waals surface area contributed by atoms with Crippen molar-refractivity contribution in [2.24, 2.45) is 0 Å². The van der Waals surface area contributed by atoms with Gasteiger partial charge in [-0.05, 0) is 111 Å². The fraction of sp³-hybridized carbons (Fsp3) is 0.950. The average Bonchev–Trinajstić information content (AvgIpc) is 3.08. The third-order valence-electron chi connectivity index (χ3n) is 12.0. The van der Waals surface area contributed by atoms with Gasteiger partial charge in [0.1, 0.15) is 0 Å². The molecule has 0 spiro atoms. The predicted molar refractivity (Wildman–Crippen MR) is 202 cm³/mol. The molecule has 0 saturated heterocycles. The van der Waals surface area contributed by atoms with Crippen LogP contribution in [0.4, 0.5) is 0 Å². The van der Waals surface area contributed by atoms with E-state index in [1.807, 2.05) is 0 Å². The second-order valence-electron chi connectivity index (χ2n) is 15.7. The molecule has 0 aromatic rings. The summed E-state index contributed by atoms with van der Waals surface area (Å²) in [6.45, 7) is 2.17. The summed E-state index contributed by atoms with van der Waals surface area (Å²) in [7, 11) is 0.770. The highest BCUT2D eigenvalue weighted by atomic mass is 31.1. The highest BCUT2D eigenvalue weighted by Gasteiger charge is 2.37. The van der Waals surface area contributed by atoms with Crippen LogP contribution >= 0.6 is 15.8 Å². The Labute approximate surface area is 287 Å². The van der Waals surface area contributed by atoms with Crippen LogP contribution in [0, 0.1) is 0 Å². The molecule has 0 aliphatic heterocycles. The number of hydrogen-bond donors (Lipinski definition) is 2. The van der Waals surface area contributed by atoms with Gasteiger partial charge in [-0.15, -0.1) is 0 Å². The molecular formula is C40H74O4P2. The lowest BCUT2D eigenvalue weighted by Gasteiger charge is -2.44. The van der Waals surface area contributed by atoms with Crippen molar-refractivity contribution in [1.82, 2.24) is 0 Å². The van der Waals surface area contributed by atoms with Crippen molar-refractivity contribution in [3.05, 3.63) is 0 Å². The van der Waals surface area contributed by atoms with Gasteiger partial charge in [0.2, 0.25) is 0 Å². The van der Waals surface area contributed by atoms with Gasteiger partial charge in [0, 0.05) is 13.8 Å². The number of rotatable bonds is 6. The first-order valence-electron chi connectivity index (χ1n) is 20.3. The van der Waals surface area contributed by atoms with E-state index < -0.39 is 11.9 Å². The zero-order chi connectivity index (χ0) is 33.0. The molecule has 0 heterocycles. The van der Waals surface area contributed by atoms with E-state index in [-0.39, 0.29) is 0 Å².